The van der Waals surface area contributed by atoms with E-state index in [9.17, 15) is 19.2 Å². The lowest BCUT2D eigenvalue weighted by Crippen LogP contribution is -2.29. The minimum atomic E-state index is -0.872. The molecule has 1 amide bonds. The highest BCUT2D eigenvalue weighted by Crippen LogP contribution is 2.30. The molecule has 0 aliphatic heterocycles. The maximum atomic E-state index is 12.2. The van der Waals surface area contributed by atoms with Crippen molar-refractivity contribution in [1.82, 2.24) is 5.32 Å². The molecule has 0 atom stereocenters. The Labute approximate surface area is 328 Å². The van der Waals surface area contributed by atoms with E-state index in [1.807, 2.05) is 26.0 Å². The van der Waals surface area contributed by atoms with Gasteiger partial charge in [-0.15, -0.1) is 0 Å². The highest BCUT2D eigenvalue weighted by molar-refractivity contribution is 14.1. The fourth-order valence-electron chi connectivity index (χ4n) is 3.53. The summed E-state index contributed by atoms with van der Waals surface area (Å²) >= 11 is 39.3. The van der Waals surface area contributed by atoms with Gasteiger partial charge in [-0.1, -0.05) is 81.7 Å². The molecule has 4 aromatic rings. The summed E-state index contributed by atoms with van der Waals surface area (Å²) in [5, 5.41) is 12.7. The zero-order chi connectivity index (χ0) is 35.6. The van der Waals surface area contributed by atoms with Gasteiger partial charge in [0.25, 0.3) is 5.91 Å². The number of carbonyl (C=O) groups excluding carboxylic acids is 3. The number of hydrogen-bond acceptors (Lipinski definition) is 5. The third-order valence-corrected chi connectivity index (χ3v) is 9.97. The minimum absolute atomic E-state index is 0.124. The molecule has 0 saturated carbocycles. The van der Waals surface area contributed by atoms with Crippen molar-refractivity contribution in [3.8, 4) is 0 Å². The molecule has 4 N–H and O–H groups in total. The summed E-state index contributed by atoms with van der Waals surface area (Å²) in [4.78, 5) is 46.0. The standard InChI is InChI=1S/C16H11Cl3INO2.C8H6Cl3NO.C8H7IO2/c1-8-2-3-9(4-13(8)20)16(23)21-7-14(22)15-11(18)5-10(17)6-12(15)19;9-4-1-5(10)8(6(11)2-4)7(13)3-12;1-5-2-3-6(8(10)11)4-7(5)9/h2-6H,7H2,1H3,(H,21,23);1-2H,3,12H2;2-4H,1H3,(H,10,11). The van der Waals surface area contributed by atoms with E-state index < -0.39 is 5.97 Å². The van der Waals surface area contributed by atoms with Crippen LogP contribution in [-0.4, -0.2) is 41.6 Å². The van der Waals surface area contributed by atoms with Gasteiger partial charge in [-0.05, 0) is 119 Å². The molecule has 0 unspecified atom stereocenters. The van der Waals surface area contributed by atoms with Crippen LogP contribution in [0.2, 0.25) is 30.1 Å². The number of aryl methyl sites for hydroxylation is 2. The smallest absolute Gasteiger partial charge is 0.335 e. The Morgan fingerprint density at radius 2 is 1.04 bits per heavy atom. The predicted octanol–water partition coefficient (Wildman–Crippen LogP) is 10.3. The van der Waals surface area contributed by atoms with Gasteiger partial charge in [0, 0.05) is 22.7 Å². The Balaban J connectivity index is 0.000000270. The molecular formula is C32H24Cl6I2N2O5. The third kappa shape index (κ3) is 12.6. The van der Waals surface area contributed by atoms with Gasteiger partial charge < -0.3 is 16.2 Å². The molecule has 0 fully saturated rings. The van der Waals surface area contributed by atoms with E-state index in [4.69, 9.17) is 80.4 Å². The first-order chi connectivity index (χ1) is 22.0. The van der Waals surface area contributed by atoms with E-state index >= 15 is 0 Å². The normalized spacial score (nSPS) is 10.2. The van der Waals surface area contributed by atoms with Gasteiger partial charge in [0.2, 0.25) is 0 Å². The van der Waals surface area contributed by atoms with Crippen molar-refractivity contribution in [2.75, 3.05) is 13.1 Å². The fraction of sp³-hybridized carbons (Fsp3) is 0.125. The molecule has 0 aromatic heterocycles. The summed E-state index contributed by atoms with van der Waals surface area (Å²) in [5.41, 5.74) is 8.58. The largest absolute Gasteiger partial charge is 0.478 e. The van der Waals surface area contributed by atoms with Gasteiger partial charge in [0.05, 0.1) is 49.9 Å². The van der Waals surface area contributed by atoms with Crippen LogP contribution in [0.25, 0.3) is 0 Å². The van der Waals surface area contributed by atoms with Crippen LogP contribution in [0.5, 0.6) is 0 Å². The second-order valence-electron chi connectivity index (χ2n) is 9.46. The van der Waals surface area contributed by atoms with Crippen molar-refractivity contribution in [2.45, 2.75) is 13.8 Å². The predicted molar refractivity (Wildman–Crippen MR) is 208 cm³/mol. The number of benzene rings is 4. The molecule has 15 heteroatoms. The van der Waals surface area contributed by atoms with Gasteiger partial charge in [0.1, 0.15) is 0 Å². The van der Waals surface area contributed by atoms with Crippen LogP contribution in [0.1, 0.15) is 52.6 Å². The van der Waals surface area contributed by atoms with Crippen LogP contribution in [0.3, 0.4) is 0 Å². The number of carboxylic acids is 1. The first kappa shape index (κ1) is 41.5. The second kappa shape index (κ2) is 19.5. The van der Waals surface area contributed by atoms with Crippen molar-refractivity contribution in [2.24, 2.45) is 5.73 Å². The lowest BCUT2D eigenvalue weighted by atomic mass is 10.1. The topological polar surface area (TPSA) is 127 Å². The Morgan fingerprint density at radius 3 is 1.43 bits per heavy atom. The number of hydrogen-bond donors (Lipinski definition) is 3. The average molecular weight is 983 g/mol. The van der Waals surface area contributed by atoms with Gasteiger partial charge in [-0.2, -0.15) is 0 Å². The molecule has 4 rings (SSSR count). The highest BCUT2D eigenvalue weighted by Gasteiger charge is 2.18. The average Bonchev–Trinajstić information content (AvgIpc) is 2.98. The molecule has 248 valence electrons. The van der Waals surface area contributed by atoms with Crippen molar-refractivity contribution in [3.05, 3.63) is 131 Å². The highest BCUT2D eigenvalue weighted by atomic mass is 127. The zero-order valence-corrected chi connectivity index (χ0v) is 33.2. The number of nitrogens with two attached hydrogens (primary N) is 1. The minimum Gasteiger partial charge on any atom is -0.478 e. The molecular weight excluding hydrogens is 959 g/mol. The molecule has 0 aliphatic carbocycles. The van der Waals surface area contributed by atoms with Crippen LogP contribution in [0.15, 0.2) is 60.7 Å². The maximum Gasteiger partial charge on any atom is 0.335 e. The van der Waals surface area contributed by atoms with Crippen LogP contribution in [0.4, 0.5) is 0 Å². The number of amides is 1. The Morgan fingerprint density at radius 1 is 0.660 bits per heavy atom. The Bertz CT molecular complexity index is 1790. The van der Waals surface area contributed by atoms with Gasteiger partial charge in [-0.3, -0.25) is 14.4 Å². The van der Waals surface area contributed by atoms with Gasteiger partial charge in [0.15, 0.2) is 11.6 Å². The van der Waals surface area contributed by atoms with E-state index in [1.54, 1.807) is 24.3 Å². The number of Topliss-reactive ketones (excluding diaryl/α,β-unsaturated/α-hetero) is 2. The van der Waals surface area contributed by atoms with Crippen molar-refractivity contribution >= 4 is 138 Å². The number of carboxylic acid groups (broad SMARTS) is 1. The number of carbonyl (C=O) groups is 4. The Hall–Kier alpha value is -1.68. The molecule has 0 radical (unpaired) electrons. The second-order valence-corrected chi connectivity index (χ2v) is 14.3. The van der Waals surface area contributed by atoms with Gasteiger partial charge >= 0.3 is 5.97 Å². The molecule has 7 nitrogen and oxygen atoms in total. The van der Waals surface area contributed by atoms with E-state index in [1.165, 1.54) is 24.3 Å². The summed E-state index contributed by atoms with van der Waals surface area (Å²) in [6.45, 7) is 3.58. The maximum absolute atomic E-state index is 12.2. The first-order valence-corrected chi connectivity index (χ1v) is 17.5. The number of halogens is 8. The lowest BCUT2D eigenvalue weighted by Gasteiger charge is -2.09. The number of nitrogens with one attached hydrogen (secondary N) is 1. The van der Waals surface area contributed by atoms with Crippen molar-refractivity contribution in [3.63, 3.8) is 0 Å². The third-order valence-electron chi connectivity index (χ3n) is 6.02. The van der Waals surface area contributed by atoms with E-state index in [0.717, 1.165) is 18.3 Å². The molecule has 4 aromatic carbocycles. The molecule has 0 aliphatic rings. The van der Waals surface area contributed by atoms with Crippen LogP contribution < -0.4 is 11.1 Å². The molecule has 47 heavy (non-hydrogen) atoms. The lowest BCUT2D eigenvalue weighted by molar-refractivity contribution is 0.0696. The van der Waals surface area contributed by atoms with Crippen molar-refractivity contribution < 1.29 is 24.3 Å². The van der Waals surface area contributed by atoms with E-state index in [-0.39, 0.29) is 61.8 Å². The monoisotopic (exact) mass is 980 g/mol. The number of ketones is 2. The van der Waals surface area contributed by atoms with E-state index in [0.29, 0.717) is 21.2 Å². The molecule has 0 saturated heterocycles. The molecule has 0 heterocycles. The number of aromatic carboxylic acids is 1. The molecule has 0 spiro atoms. The fourth-order valence-corrected chi connectivity index (χ4v) is 6.62. The van der Waals surface area contributed by atoms with E-state index in [2.05, 4.69) is 50.5 Å². The van der Waals surface area contributed by atoms with Crippen molar-refractivity contribution in [1.29, 1.82) is 0 Å². The van der Waals surface area contributed by atoms with Crippen LogP contribution in [-0.2, 0) is 0 Å². The van der Waals surface area contributed by atoms with Crippen LogP contribution >= 0.6 is 115 Å². The SMILES string of the molecule is Cc1ccc(C(=O)NCC(=O)c2c(Cl)cc(Cl)cc2Cl)cc1I.Cc1ccc(C(=O)O)cc1I.NCC(=O)c1c(Cl)cc(Cl)cc1Cl. The summed E-state index contributed by atoms with van der Waals surface area (Å²) in [7, 11) is 0. The summed E-state index contributed by atoms with van der Waals surface area (Å²) in [6.07, 6.45) is 0. The zero-order valence-electron chi connectivity index (χ0n) is 24.4. The quantitative estimate of drug-likeness (QED) is 0.125. The summed E-state index contributed by atoms with van der Waals surface area (Å²) < 4.78 is 1.97. The summed E-state index contributed by atoms with van der Waals surface area (Å²) in [6, 6.07) is 16.2. The number of rotatable bonds is 7. The Kier molecular flexibility index (Phi) is 17.2. The van der Waals surface area contributed by atoms with Crippen LogP contribution in [0, 0.1) is 21.0 Å². The molecule has 0 bridgehead atoms. The summed E-state index contributed by atoms with van der Waals surface area (Å²) in [5.74, 6) is -1.89. The first-order valence-electron chi connectivity index (χ1n) is 13.1. The van der Waals surface area contributed by atoms with Gasteiger partial charge in [-0.25, -0.2) is 4.79 Å².